The van der Waals surface area contributed by atoms with Crippen LogP contribution in [0, 0.1) is 6.92 Å². The van der Waals surface area contributed by atoms with Crippen molar-refractivity contribution in [1.82, 2.24) is 5.32 Å². The molecule has 110 valence electrons. The minimum Gasteiger partial charge on any atom is -0.489 e. The van der Waals surface area contributed by atoms with Crippen LogP contribution in [0.25, 0.3) is 0 Å². The van der Waals surface area contributed by atoms with Gasteiger partial charge in [-0.3, -0.25) is 0 Å². The van der Waals surface area contributed by atoms with Crippen molar-refractivity contribution in [3.8, 4) is 5.75 Å². The predicted octanol–water partition coefficient (Wildman–Crippen LogP) is 1.81. The van der Waals surface area contributed by atoms with E-state index in [1.807, 2.05) is 12.1 Å². The summed E-state index contributed by atoms with van der Waals surface area (Å²) in [5.74, 6) is 1.22. The fourth-order valence-electron chi connectivity index (χ4n) is 2.54. The largest absolute Gasteiger partial charge is 0.489 e. The molecular weight excluding hydrogens is 274 g/mol. The van der Waals surface area contributed by atoms with Crippen molar-refractivity contribution in [2.75, 3.05) is 11.5 Å². The molecule has 1 atom stereocenters. The maximum atomic E-state index is 11.5. The first-order chi connectivity index (χ1) is 9.52. The molecule has 0 spiro atoms. The van der Waals surface area contributed by atoms with E-state index in [1.165, 1.54) is 18.4 Å². The summed E-state index contributed by atoms with van der Waals surface area (Å²) in [6.07, 6.45) is 2.92. The zero-order chi connectivity index (χ0) is 14.2. The molecular formula is C15H21NO3S. The lowest BCUT2D eigenvalue weighted by atomic mass is 10.1. The van der Waals surface area contributed by atoms with E-state index in [0.29, 0.717) is 12.5 Å². The summed E-state index contributed by atoms with van der Waals surface area (Å²) in [6, 6.07) is 6.74. The first-order valence-corrected chi connectivity index (χ1v) is 9.04. The third kappa shape index (κ3) is 3.52. The minimum atomic E-state index is -2.89. The predicted molar refractivity (Wildman–Crippen MR) is 78.7 cm³/mol. The van der Waals surface area contributed by atoms with Gasteiger partial charge in [0.1, 0.15) is 11.9 Å². The van der Waals surface area contributed by atoms with Gasteiger partial charge in [-0.15, -0.1) is 0 Å². The van der Waals surface area contributed by atoms with Crippen LogP contribution in [-0.2, 0) is 16.4 Å². The van der Waals surface area contributed by atoms with E-state index in [2.05, 4.69) is 18.3 Å². The van der Waals surface area contributed by atoms with Crippen molar-refractivity contribution < 1.29 is 13.2 Å². The van der Waals surface area contributed by atoms with E-state index in [1.54, 1.807) is 0 Å². The standard InChI is InChI=1S/C15H21NO3S/c1-11-2-5-15(12(8-11)9-16-13-3-4-13)19-14-6-7-20(17,18)10-14/h2,5,8,13-14,16H,3-4,6-7,9-10H2,1H3. The normalized spacial score (nSPS) is 24.8. The zero-order valence-electron chi connectivity index (χ0n) is 11.8. The van der Waals surface area contributed by atoms with Crippen LogP contribution in [0.5, 0.6) is 5.75 Å². The highest BCUT2D eigenvalue weighted by Gasteiger charge is 2.30. The third-order valence-electron chi connectivity index (χ3n) is 3.86. The summed E-state index contributed by atoms with van der Waals surface area (Å²) in [5, 5.41) is 3.48. The van der Waals surface area contributed by atoms with Crippen molar-refractivity contribution in [3.63, 3.8) is 0 Å². The smallest absolute Gasteiger partial charge is 0.154 e. The van der Waals surface area contributed by atoms with Gasteiger partial charge in [0.25, 0.3) is 0 Å². The maximum absolute atomic E-state index is 11.5. The molecule has 1 saturated heterocycles. The molecule has 0 amide bonds. The Labute approximate surface area is 120 Å². The summed E-state index contributed by atoms with van der Waals surface area (Å²) in [7, 11) is -2.89. The van der Waals surface area contributed by atoms with Gasteiger partial charge in [-0.1, -0.05) is 17.7 Å². The van der Waals surface area contributed by atoms with Crippen LogP contribution in [0.15, 0.2) is 18.2 Å². The van der Waals surface area contributed by atoms with Crippen LogP contribution in [0.3, 0.4) is 0 Å². The highest BCUT2D eigenvalue weighted by atomic mass is 32.2. The van der Waals surface area contributed by atoms with Gasteiger partial charge in [0.15, 0.2) is 9.84 Å². The summed E-state index contributed by atoms with van der Waals surface area (Å²) < 4.78 is 28.9. The molecule has 0 aromatic heterocycles. The van der Waals surface area contributed by atoms with Crippen molar-refractivity contribution in [2.24, 2.45) is 0 Å². The quantitative estimate of drug-likeness (QED) is 0.900. The van der Waals surface area contributed by atoms with Gasteiger partial charge >= 0.3 is 0 Å². The van der Waals surface area contributed by atoms with Crippen molar-refractivity contribution in [1.29, 1.82) is 0 Å². The molecule has 1 aromatic rings. The van der Waals surface area contributed by atoms with Crippen molar-refractivity contribution in [3.05, 3.63) is 29.3 Å². The summed E-state index contributed by atoms with van der Waals surface area (Å²) in [5.41, 5.74) is 2.32. The van der Waals surface area contributed by atoms with Gasteiger partial charge in [-0.05, 0) is 32.3 Å². The molecule has 3 rings (SSSR count). The highest BCUT2D eigenvalue weighted by molar-refractivity contribution is 7.91. The summed E-state index contributed by atoms with van der Waals surface area (Å²) in [6.45, 7) is 2.85. The molecule has 2 fully saturated rings. The van der Waals surface area contributed by atoms with E-state index in [9.17, 15) is 8.42 Å². The van der Waals surface area contributed by atoms with E-state index < -0.39 is 9.84 Å². The number of ether oxygens (including phenoxy) is 1. The fourth-order valence-corrected chi connectivity index (χ4v) is 4.13. The number of benzene rings is 1. The average Bonchev–Trinajstić information content (AvgIpc) is 3.14. The molecule has 2 aliphatic rings. The van der Waals surface area contributed by atoms with Gasteiger partial charge in [-0.2, -0.15) is 0 Å². The number of nitrogens with one attached hydrogen (secondary N) is 1. The van der Waals surface area contributed by atoms with Gasteiger partial charge < -0.3 is 10.1 Å². The molecule has 0 bridgehead atoms. The molecule has 1 heterocycles. The topological polar surface area (TPSA) is 55.4 Å². The molecule has 1 saturated carbocycles. The molecule has 1 aromatic carbocycles. The number of sulfone groups is 1. The number of hydrogen-bond acceptors (Lipinski definition) is 4. The molecule has 0 radical (unpaired) electrons. The lowest BCUT2D eigenvalue weighted by molar-refractivity contribution is 0.226. The molecule has 5 heteroatoms. The number of aryl methyl sites for hydroxylation is 1. The van der Waals surface area contributed by atoms with Crippen molar-refractivity contribution in [2.45, 2.75) is 44.9 Å². The Kier molecular flexibility index (Phi) is 3.73. The third-order valence-corrected chi connectivity index (χ3v) is 5.60. The second kappa shape index (κ2) is 5.37. The molecule has 4 nitrogen and oxygen atoms in total. The molecule has 1 unspecified atom stereocenters. The van der Waals surface area contributed by atoms with Crippen LogP contribution in [0.1, 0.15) is 30.4 Å². The SMILES string of the molecule is Cc1ccc(OC2CCS(=O)(=O)C2)c(CNC2CC2)c1. The molecule has 1 aliphatic heterocycles. The van der Waals surface area contributed by atoms with Crippen LogP contribution < -0.4 is 10.1 Å². The second-order valence-electron chi connectivity index (χ2n) is 5.91. The van der Waals surface area contributed by atoms with Crippen LogP contribution >= 0.6 is 0 Å². The van der Waals surface area contributed by atoms with Gasteiger partial charge in [0.05, 0.1) is 11.5 Å². The number of hydrogen-bond donors (Lipinski definition) is 1. The van der Waals surface area contributed by atoms with Crippen molar-refractivity contribution >= 4 is 9.84 Å². The lowest BCUT2D eigenvalue weighted by Gasteiger charge is -2.16. The Balaban J connectivity index is 1.70. The lowest BCUT2D eigenvalue weighted by Crippen LogP contribution is -2.20. The Morgan fingerprint density at radius 3 is 2.75 bits per heavy atom. The van der Waals surface area contributed by atoms with Crippen LogP contribution in [-0.4, -0.2) is 32.1 Å². The highest BCUT2D eigenvalue weighted by Crippen LogP contribution is 2.26. The van der Waals surface area contributed by atoms with Gasteiger partial charge in [-0.25, -0.2) is 8.42 Å². The van der Waals surface area contributed by atoms with Gasteiger partial charge in [0.2, 0.25) is 0 Å². The first-order valence-electron chi connectivity index (χ1n) is 7.22. The van der Waals surface area contributed by atoms with E-state index in [0.717, 1.165) is 17.9 Å². The number of rotatable bonds is 5. The summed E-state index contributed by atoms with van der Waals surface area (Å²) in [4.78, 5) is 0. The zero-order valence-corrected chi connectivity index (χ0v) is 12.6. The maximum Gasteiger partial charge on any atom is 0.154 e. The van der Waals surface area contributed by atoms with Crippen LogP contribution in [0.2, 0.25) is 0 Å². The van der Waals surface area contributed by atoms with Crippen LogP contribution in [0.4, 0.5) is 0 Å². The molecule has 1 N–H and O–H groups in total. The Hall–Kier alpha value is -1.07. The first kappa shape index (κ1) is 13.9. The average molecular weight is 295 g/mol. The Bertz CT molecular complexity index is 593. The molecule has 1 aliphatic carbocycles. The second-order valence-corrected chi connectivity index (χ2v) is 8.14. The van der Waals surface area contributed by atoms with E-state index >= 15 is 0 Å². The fraction of sp³-hybridized carbons (Fsp3) is 0.600. The monoisotopic (exact) mass is 295 g/mol. The van der Waals surface area contributed by atoms with E-state index in [-0.39, 0.29) is 17.6 Å². The molecule has 20 heavy (non-hydrogen) atoms. The van der Waals surface area contributed by atoms with Gasteiger partial charge in [0, 0.05) is 18.2 Å². The summed E-state index contributed by atoms with van der Waals surface area (Å²) >= 11 is 0. The Morgan fingerprint density at radius 2 is 2.10 bits per heavy atom. The van der Waals surface area contributed by atoms with E-state index in [4.69, 9.17) is 4.74 Å². The Morgan fingerprint density at radius 1 is 1.30 bits per heavy atom. The minimum absolute atomic E-state index is 0.149.